The van der Waals surface area contributed by atoms with Crippen molar-refractivity contribution in [2.45, 2.75) is 26.9 Å². The van der Waals surface area contributed by atoms with E-state index in [1.807, 2.05) is 19.9 Å². The molecular formula is C20H24N4O3. The van der Waals surface area contributed by atoms with E-state index in [-0.39, 0.29) is 11.6 Å². The highest BCUT2D eigenvalue weighted by Gasteiger charge is 2.15. The number of aryl methyl sites for hydroxylation is 1. The summed E-state index contributed by atoms with van der Waals surface area (Å²) in [6.45, 7) is 5.94. The van der Waals surface area contributed by atoms with Gasteiger partial charge in [0.05, 0.1) is 24.2 Å². The topological polar surface area (TPSA) is 80.2 Å². The highest BCUT2D eigenvalue weighted by molar-refractivity contribution is 5.97. The molecule has 7 nitrogen and oxygen atoms in total. The third-order valence-corrected chi connectivity index (χ3v) is 4.58. The molecule has 1 aromatic carbocycles. The summed E-state index contributed by atoms with van der Waals surface area (Å²) < 4.78 is 6.96. The van der Waals surface area contributed by atoms with Gasteiger partial charge in [-0.2, -0.15) is 0 Å². The number of carbonyl (C=O) groups excluding carboxylic acids is 1. The molecule has 27 heavy (non-hydrogen) atoms. The van der Waals surface area contributed by atoms with Gasteiger partial charge in [0.2, 0.25) is 0 Å². The Labute approximate surface area is 157 Å². The predicted molar refractivity (Wildman–Crippen MR) is 104 cm³/mol. The molecule has 0 fully saturated rings. The predicted octanol–water partition coefficient (Wildman–Crippen LogP) is 2.34. The maximum absolute atomic E-state index is 12.8. The van der Waals surface area contributed by atoms with Crippen LogP contribution in [-0.4, -0.2) is 45.6 Å². The molecule has 0 aliphatic heterocycles. The number of hydrogen-bond acceptors (Lipinski definition) is 4. The van der Waals surface area contributed by atoms with E-state index in [0.29, 0.717) is 37.4 Å². The fraction of sp³-hybridized carbons (Fsp3) is 0.350. The van der Waals surface area contributed by atoms with Gasteiger partial charge in [0.15, 0.2) is 0 Å². The van der Waals surface area contributed by atoms with Crippen LogP contribution in [-0.2, 0) is 17.8 Å². The molecule has 0 radical (unpaired) electrons. The van der Waals surface area contributed by atoms with Gasteiger partial charge in [-0.1, -0.05) is 0 Å². The van der Waals surface area contributed by atoms with Crippen LogP contribution in [0, 0.1) is 6.92 Å². The summed E-state index contributed by atoms with van der Waals surface area (Å²) in [5, 5.41) is 0. The number of fused-ring (bicyclic) bond motifs is 1. The minimum atomic E-state index is -0.199. The number of aromatic amines is 1. The summed E-state index contributed by atoms with van der Waals surface area (Å²) in [6, 6.07) is 7.20. The summed E-state index contributed by atoms with van der Waals surface area (Å²) in [5.74, 6) is -0.101. The first-order valence-corrected chi connectivity index (χ1v) is 8.96. The lowest BCUT2D eigenvalue weighted by molar-refractivity contribution is 0.0785. The van der Waals surface area contributed by atoms with Gasteiger partial charge in [-0.05, 0) is 49.2 Å². The van der Waals surface area contributed by atoms with Crippen molar-refractivity contribution < 1.29 is 9.53 Å². The number of hydrogen-bond donors (Lipinski definition) is 1. The molecule has 142 valence electrons. The van der Waals surface area contributed by atoms with E-state index in [9.17, 15) is 9.59 Å². The van der Waals surface area contributed by atoms with Crippen molar-refractivity contribution >= 4 is 16.9 Å². The summed E-state index contributed by atoms with van der Waals surface area (Å²) >= 11 is 0. The largest absolute Gasteiger partial charge is 0.380 e. The zero-order chi connectivity index (χ0) is 19.4. The van der Waals surface area contributed by atoms with Crippen LogP contribution in [0.1, 0.15) is 28.4 Å². The zero-order valence-corrected chi connectivity index (χ0v) is 15.9. The van der Waals surface area contributed by atoms with E-state index >= 15 is 0 Å². The first-order valence-electron chi connectivity index (χ1n) is 8.96. The van der Waals surface area contributed by atoms with Crippen LogP contribution in [0.4, 0.5) is 0 Å². The first kappa shape index (κ1) is 18.8. The molecule has 0 spiro atoms. The Balaban J connectivity index is 1.81. The number of H-pyrrole nitrogens is 1. The lowest BCUT2D eigenvalue weighted by Crippen LogP contribution is -2.26. The Bertz CT molecular complexity index is 1010. The molecule has 1 N–H and O–H groups in total. The highest BCUT2D eigenvalue weighted by Crippen LogP contribution is 2.16. The van der Waals surface area contributed by atoms with Gasteiger partial charge in [-0.25, -0.2) is 4.79 Å². The fourth-order valence-corrected chi connectivity index (χ4v) is 3.05. The molecule has 2 heterocycles. The Morgan fingerprint density at radius 3 is 2.89 bits per heavy atom. The lowest BCUT2D eigenvalue weighted by atomic mass is 10.1. The fourth-order valence-electron chi connectivity index (χ4n) is 3.05. The van der Waals surface area contributed by atoms with E-state index in [4.69, 9.17) is 4.74 Å². The molecule has 2 aromatic heterocycles. The molecule has 3 rings (SSSR count). The highest BCUT2D eigenvalue weighted by atomic mass is 16.5. The van der Waals surface area contributed by atoms with Crippen molar-refractivity contribution in [1.29, 1.82) is 0 Å². The second-order valence-electron chi connectivity index (χ2n) is 6.47. The summed E-state index contributed by atoms with van der Waals surface area (Å²) in [5.41, 5.74) is 3.85. The number of nitrogens with one attached hydrogen (secondary N) is 1. The molecular weight excluding hydrogens is 344 g/mol. The van der Waals surface area contributed by atoms with Crippen LogP contribution >= 0.6 is 0 Å². The van der Waals surface area contributed by atoms with Crippen molar-refractivity contribution in [1.82, 2.24) is 19.4 Å². The molecule has 0 atom stereocenters. The van der Waals surface area contributed by atoms with Crippen molar-refractivity contribution in [2.75, 3.05) is 20.3 Å². The van der Waals surface area contributed by atoms with Crippen LogP contribution in [0.5, 0.6) is 0 Å². The molecule has 0 saturated carbocycles. The average molecular weight is 368 g/mol. The van der Waals surface area contributed by atoms with Crippen LogP contribution < -0.4 is 5.69 Å². The smallest absolute Gasteiger partial charge is 0.326 e. The van der Waals surface area contributed by atoms with Gasteiger partial charge in [-0.15, -0.1) is 0 Å². The third-order valence-electron chi connectivity index (χ3n) is 4.58. The Kier molecular flexibility index (Phi) is 5.71. The van der Waals surface area contributed by atoms with E-state index in [1.165, 1.54) is 0 Å². The number of pyridine rings is 1. The molecule has 0 aliphatic rings. The zero-order valence-electron chi connectivity index (χ0n) is 15.9. The third kappa shape index (κ3) is 4.09. The number of amides is 1. The summed E-state index contributed by atoms with van der Waals surface area (Å²) in [7, 11) is 1.77. The SMILES string of the molecule is CCOCCn1c(=O)[nH]c2cc(C(=O)N(C)Cc3ccncc3C)ccc21. The average Bonchev–Trinajstić information content (AvgIpc) is 2.97. The molecule has 0 aliphatic carbocycles. The standard InChI is InChI=1S/C20H24N4O3/c1-4-27-10-9-24-18-6-5-15(11-17(18)22-20(24)26)19(25)23(3)13-16-7-8-21-12-14(16)2/h5-8,11-12H,4,9-10,13H2,1-3H3,(H,22,26). The number of imidazole rings is 1. The number of rotatable bonds is 7. The number of ether oxygens (including phenoxy) is 1. The van der Waals surface area contributed by atoms with Gasteiger partial charge in [-0.3, -0.25) is 14.3 Å². The minimum Gasteiger partial charge on any atom is -0.380 e. The minimum absolute atomic E-state index is 0.101. The van der Waals surface area contributed by atoms with Crippen LogP contribution in [0.2, 0.25) is 0 Å². The summed E-state index contributed by atoms with van der Waals surface area (Å²) in [6.07, 6.45) is 3.51. The Morgan fingerprint density at radius 2 is 2.15 bits per heavy atom. The molecule has 0 saturated heterocycles. The number of carbonyl (C=O) groups is 1. The normalized spacial score (nSPS) is 11.1. The van der Waals surface area contributed by atoms with Crippen LogP contribution in [0.3, 0.4) is 0 Å². The molecule has 3 aromatic rings. The van der Waals surface area contributed by atoms with Crippen molar-refractivity contribution in [3.63, 3.8) is 0 Å². The van der Waals surface area contributed by atoms with E-state index in [2.05, 4.69) is 9.97 Å². The van der Waals surface area contributed by atoms with Crippen molar-refractivity contribution in [3.05, 3.63) is 63.8 Å². The number of benzene rings is 1. The van der Waals surface area contributed by atoms with E-state index in [1.54, 1.807) is 47.1 Å². The van der Waals surface area contributed by atoms with Crippen molar-refractivity contribution in [2.24, 2.45) is 0 Å². The first-order chi connectivity index (χ1) is 13.0. The second kappa shape index (κ2) is 8.18. The van der Waals surface area contributed by atoms with Gasteiger partial charge in [0.25, 0.3) is 5.91 Å². The quantitative estimate of drug-likeness (QED) is 0.649. The summed E-state index contributed by atoms with van der Waals surface area (Å²) in [4.78, 5) is 33.5. The van der Waals surface area contributed by atoms with Gasteiger partial charge in [0.1, 0.15) is 0 Å². The van der Waals surface area contributed by atoms with E-state index < -0.39 is 0 Å². The van der Waals surface area contributed by atoms with Gasteiger partial charge in [0, 0.05) is 38.2 Å². The van der Waals surface area contributed by atoms with Crippen molar-refractivity contribution in [3.8, 4) is 0 Å². The second-order valence-corrected chi connectivity index (χ2v) is 6.47. The lowest BCUT2D eigenvalue weighted by Gasteiger charge is -2.18. The Hall–Kier alpha value is -2.93. The van der Waals surface area contributed by atoms with Gasteiger partial charge >= 0.3 is 5.69 Å². The van der Waals surface area contributed by atoms with Crippen LogP contribution in [0.15, 0.2) is 41.5 Å². The molecule has 0 bridgehead atoms. The number of aromatic nitrogens is 3. The van der Waals surface area contributed by atoms with Crippen LogP contribution in [0.25, 0.3) is 11.0 Å². The Morgan fingerprint density at radius 1 is 1.33 bits per heavy atom. The monoisotopic (exact) mass is 368 g/mol. The molecule has 0 unspecified atom stereocenters. The molecule has 7 heteroatoms. The van der Waals surface area contributed by atoms with E-state index in [0.717, 1.165) is 16.6 Å². The number of nitrogens with zero attached hydrogens (tertiary/aromatic N) is 3. The maximum atomic E-state index is 12.8. The van der Waals surface area contributed by atoms with Gasteiger partial charge < -0.3 is 14.6 Å². The molecule has 1 amide bonds. The maximum Gasteiger partial charge on any atom is 0.326 e.